The van der Waals surface area contributed by atoms with E-state index >= 15 is 0 Å². The van der Waals surface area contributed by atoms with Crippen LogP contribution in [0.2, 0.25) is 0 Å². The van der Waals surface area contributed by atoms with Gasteiger partial charge in [0.15, 0.2) is 0 Å². The molecule has 0 aromatic heterocycles. The second-order valence-corrected chi connectivity index (χ2v) is 8.55. The third-order valence-electron chi connectivity index (χ3n) is 4.65. The summed E-state index contributed by atoms with van der Waals surface area (Å²) < 4.78 is 34.2. The van der Waals surface area contributed by atoms with Crippen LogP contribution in [0.1, 0.15) is 36.9 Å². The fourth-order valence-electron chi connectivity index (χ4n) is 3.08. The van der Waals surface area contributed by atoms with Crippen molar-refractivity contribution in [2.75, 3.05) is 12.4 Å². The standard InChI is InChI=1S/C20H24N2O4S/c1-13-4-9-17(21-14(2)23)12-19(13)27(24,25)22-20(15-5-6-15)16-7-10-18(26-3)11-8-16/h4,7-12,15,20,22H,5-6H2,1-3H3,(H,21,23). The van der Waals surface area contributed by atoms with Crippen molar-refractivity contribution in [3.05, 3.63) is 53.6 Å². The Bertz CT molecular complexity index is 935. The van der Waals surface area contributed by atoms with Crippen LogP contribution in [0.4, 0.5) is 5.69 Å². The molecule has 0 spiro atoms. The molecular weight excluding hydrogens is 364 g/mol. The van der Waals surface area contributed by atoms with E-state index in [0.717, 1.165) is 24.2 Å². The lowest BCUT2D eigenvalue weighted by Crippen LogP contribution is -2.30. The molecule has 0 bridgehead atoms. The average Bonchev–Trinajstić information content (AvgIpc) is 3.46. The molecule has 144 valence electrons. The van der Waals surface area contributed by atoms with Gasteiger partial charge in [-0.1, -0.05) is 18.2 Å². The van der Waals surface area contributed by atoms with E-state index in [9.17, 15) is 13.2 Å². The number of aryl methyl sites for hydroxylation is 1. The van der Waals surface area contributed by atoms with Gasteiger partial charge in [-0.05, 0) is 61.1 Å². The number of rotatable bonds is 7. The van der Waals surface area contributed by atoms with Crippen LogP contribution in [0.15, 0.2) is 47.4 Å². The highest BCUT2D eigenvalue weighted by Gasteiger charge is 2.35. The van der Waals surface area contributed by atoms with Crippen LogP contribution in [0.25, 0.3) is 0 Å². The van der Waals surface area contributed by atoms with Crippen LogP contribution in [0, 0.1) is 12.8 Å². The number of nitrogens with one attached hydrogen (secondary N) is 2. The maximum atomic E-state index is 13.1. The van der Waals surface area contributed by atoms with Crippen molar-refractivity contribution >= 4 is 21.6 Å². The highest BCUT2D eigenvalue weighted by Crippen LogP contribution is 2.42. The molecule has 6 nitrogen and oxygen atoms in total. The van der Waals surface area contributed by atoms with Crippen molar-refractivity contribution in [1.82, 2.24) is 4.72 Å². The van der Waals surface area contributed by atoms with Crippen LogP contribution < -0.4 is 14.8 Å². The van der Waals surface area contributed by atoms with E-state index in [-0.39, 0.29) is 22.8 Å². The summed E-state index contributed by atoms with van der Waals surface area (Å²) in [5.74, 6) is 0.770. The van der Waals surface area contributed by atoms with Gasteiger partial charge in [-0.3, -0.25) is 4.79 Å². The van der Waals surface area contributed by atoms with E-state index in [4.69, 9.17) is 4.74 Å². The molecule has 0 heterocycles. The molecule has 2 aromatic rings. The summed E-state index contributed by atoms with van der Waals surface area (Å²) in [4.78, 5) is 11.5. The zero-order valence-electron chi connectivity index (χ0n) is 15.7. The molecule has 0 saturated heterocycles. The fourth-order valence-corrected chi connectivity index (χ4v) is 4.64. The molecule has 1 saturated carbocycles. The molecule has 0 radical (unpaired) electrons. The number of sulfonamides is 1. The largest absolute Gasteiger partial charge is 0.497 e. The number of carbonyl (C=O) groups excluding carboxylic acids is 1. The van der Waals surface area contributed by atoms with E-state index in [1.165, 1.54) is 13.0 Å². The van der Waals surface area contributed by atoms with Crippen molar-refractivity contribution in [1.29, 1.82) is 0 Å². The van der Waals surface area contributed by atoms with Gasteiger partial charge >= 0.3 is 0 Å². The number of hydrogen-bond donors (Lipinski definition) is 2. The Hall–Kier alpha value is -2.38. The summed E-state index contributed by atoms with van der Waals surface area (Å²) in [5, 5.41) is 2.63. The van der Waals surface area contributed by atoms with Crippen LogP contribution in [-0.4, -0.2) is 21.4 Å². The van der Waals surface area contributed by atoms with E-state index < -0.39 is 10.0 Å². The van der Waals surface area contributed by atoms with Crippen LogP contribution in [-0.2, 0) is 14.8 Å². The monoisotopic (exact) mass is 388 g/mol. The second kappa shape index (κ2) is 7.70. The Morgan fingerprint density at radius 2 is 1.81 bits per heavy atom. The molecule has 1 unspecified atom stereocenters. The maximum Gasteiger partial charge on any atom is 0.241 e. The van der Waals surface area contributed by atoms with Crippen LogP contribution in [0.5, 0.6) is 5.75 Å². The molecule has 1 amide bonds. The number of ether oxygens (including phenoxy) is 1. The predicted octanol–water partition coefficient (Wildman–Crippen LogP) is 3.39. The third kappa shape index (κ3) is 4.67. The number of hydrogen-bond acceptors (Lipinski definition) is 4. The molecule has 2 N–H and O–H groups in total. The van der Waals surface area contributed by atoms with Gasteiger partial charge in [0.05, 0.1) is 12.0 Å². The average molecular weight is 388 g/mol. The van der Waals surface area contributed by atoms with Gasteiger partial charge in [-0.2, -0.15) is 0 Å². The number of amides is 1. The molecule has 1 atom stereocenters. The van der Waals surface area contributed by atoms with Gasteiger partial charge in [-0.15, -0.1) is 0 Å². The highest BCUT2D eigenvalue weighted by molar-refractivity contribution is 7.89. The summed E-state index contributed by atoms with van der Waals surface area (Å²) in [7, 11) is -2.15. The van der Waals surface area contributed by atoms with E-state index in [1.807, 2.05) is 24.3 Å². The Labute approximate surface area is 160 Å². The summed E-state index contributed by atoms with van der Waals surface area (Å²) in [6.45, 7) is 3.13. The Kier molecular flexibility index (Phi) is 5.53. The van der Waals surface area contributed by atoms with Gasteiger partial charge in [0.2, 0.25) is 15.9 Å². The molecule has 27 heavy (non-hydrogen) atoms. The van der Waals surface area contributed by atoms with E-state index in [0.29, 0.717) is 11.3 Å². The lowest BCUT2D eigenvalue weighted by atomic mass is 10.0. The quantitative estimate of drug-likeness (QED) is 0.761. The first-order chi connectivity index (χ1) is 12.8. The summed E-state index contributed by atoms with van der Waals surface area (Å²) in [6, 6.07) is 12.1. The second-order valence-electron chi connectivity index (χ2n) is 6.87. The first-order valence-electron chi connectivity index (χ1n) is 8.84. The van der Waals surface area contributed by atoms with Gasteiger partial charge in [-0.25, -0.2) is 13.1 Å². The number of anilines is 1. The minimum Gasteiger partial charge on any atom is -0.497 e. The normalized spacial score (nSPS) is 15.2. The Morgan fingerprint density at radius 3 is 2.37 bits per heavy atom. The number of methoxy groups -OCH3 is 1. The molecule has 1 aliphatic carbocycles. The van der Waals surface area contributed by atoms with Crippen LogP contribution >= 0.6 is 0 Å². The Morgan fingerprint density at radius 1 is 1.15 bits per heavy atom. The first kappa shape index (κ1) is 19.4. The minimum atomic E-state index is -3.75. The SMILES string of the molecule is COc1ccc(C(NS(=O)(=O)c2cc(NC(C)=O)ccc2C)C2CC2)cc1. The zero-order chi connectivity index (χ0) is 19.6. The Balaban J connectivity index is 1.90. The van der Waals surface area contributed by atoms with E-state index in [2.05, 4.69) is 10.0 Å². The molecular formula is C20H24N2O4S. The van der Waals surface area contributed by atoms with Gasteiger partial charge in [0.25, 0.3) is 0 Å². The van der Waals surface area contributed by atoms with Gasteiger partial charge < -0.3 is 10.1 Å². The zero-order valence-corrected chi connectivity index (χ0v) is 16.5. The molecule has 0 aliphatic heterocycles. The molecule has 7 heteroatoms. The van der Waals surface area contributed by atoms with Crippen molar-refractivity contribution in [3.8, 4) is 5.75 Å². The number of carbonyl (C=O) groups is 1. The molecule has 1 fully saturated rings. The summed E-state index contributed by atoms with van der Waals surface area (Å²) >= 11 is 0. The lowest BCUT2D eigenvalue weighted by molar-refractivity contribution is -0.114. The smallest absolute Gasteiger partial charge is 0.241 e. The highest BCUT2D eigenvalue weighted by atomic mass is 32.2. The van der Waals surface area contributed by atoms with Gasteiger partial charge in [0.1, 0.15) is 5.75 Å². The van der Waals surface area contributed by atoms with Crippen LogP contribution in [0.3, 0.4) is 0 Å². The predicted molar refractivity (Wildman–Crippen MR) is 104 cm³/mol. The van der Waals surface area contributed by atoms with Gasteiger partial charge in [0, 0.05) is 18.7 Å². The molecule has 1 aliphatic rings. The number of benzene rings is 2. The fraction of sp³-hybridized carbons (Fsp3) is 0.350. The molecule has 2 aromatic carbocycles. The van der Waals surface area contributed by atoms with Crippen molar-refractivity contribution in [2.24, 2.45) is 5.92 Å². The van der Waals surface area contributed by atoms with Crippen molar-refractivity contribution in [3.63, 3.8) is 0 Å². The first-order valence-corrected chi connectivity index (χ1v) is 10.3. The van der Waals surface area contributed by atoms with Crippen molar-refractivity contribution in [2.45, 2.75) is 37.6 Å². The van der Waals surface area contributed by atoms with Crippen molar-refractivity contribution < 1.29 is 17.9 Å². The summed E-state index contributed by atoms with van der Waals surface area (Å²) in [6.07, 6.45) is 1.98. The molecule has 3 rings (SSSR count). The minimum absolute atomic E-state index is 0.174. The third-order valence-corrected chi connectivity index (χ3v) is 6.23. The topological polar surface area (TPSA) is 84.5 Å². The maximum absolute atomic E-state index is 13.1. The summed E-state index contributed by atoms with van der Waals surface area (Å²) in [5.41, 5.74) is 2.00. The van der Waals surface area contributed by atoms with E-state index in [1.54, 1.807) is 26.2 Å². The lowest BCUT2D eigenvalue weighted by Gasteiger charge is -2.20.